The van der Waals surface area contributed by atoms with Gasteiger partial charge in [-0.25, -0.2) is 4.39 Å². The van der Waals surface area contributed by atoms with Crippen molar-refractivity contribution in [1.29, 1.82) is 0 Å². The molecule has 0 aliphatic rings. The van der Waals surface area contributed by atoms with Crippen LogP contribution in [-0.2, 0) is 13.6 Å². The molecule has 0 amide bonds. The predicted molar refractivity (Wildman–Crippen MR) is 63.6 cm³/mol. The smallest absolute Gasteiger partial charge is 0.387 e. The second kappa shape index (κ2) is 5.64. The molecule has 0 fully saturated rings. The first-order chi connectivity index (χ1) is 9.04. The zero-order valence-corrected chi connectivity index (χ0v) is 10.1. The number of nitrogens with zero attached hydrogens (tertiary/aromatic N) is 2. The predicted octanol–water partition coefficient (Wildman–Crippen LogP) is 2.77. The van der Waals surface area contributed by atoms with E-state index in [0.717, 1.165) is 6.07 Å². The van der Waals surface area contributed by atoms with E-state index < -0.39 is 18.2 Å². The number of hydrogen-bond donors (Lipinski definition) is 1. The number of hydrogen-bond acceptors (Lipinski definition) is 3. The molecule has 0 radical (unpaired) electrons. The van der Waals surface area contributed by atoms with Crippen LogP contribution in [0.25, 0.3) is 0 Å². The Morgan fingerprint density at radius 3 is 2.74 bits per heavy atom. The maximum absolute atomic E-state index is 13.4. The summed E-state index contributed by atoms with van der Waals surface area (Å²) in [5.74, 6) is -0.631. The zero-order chi connectivity index (χ0) is 13.8. The van der Waals surface area contributed by atoms with E-state index in [9.17, 15) is 13.2 Å². The molecular weight excluding hydrogens is 259 g/mol. The molecule has 1 aromatic heterocycles. The third-order valence-electron chi connectivity index (χ3n) is 2.40. The number of rotatable bonds is 5. The van der Waals surface area contributed by atoms with Gasteiger partial charge in [0, 0.05) is 25.9 Å². The minimum Gasteiger partial charge on any atom is -0.432 e. The first kappa shape index (κ1) is 13.3. The fourth-order valence-electron chi connectivity index (χ4n) is 1.55. The molecule has 0 unspecified atom stereocenters. The van der Waals surface area contributed by atoms with Crippen molar-refractivity contribution in [3.63, 3.8) is 0 Å². The van der Waals surface area contributed by atoms with Crippen LogP contribution < -0.4 is 10.1 Å². The lowest BCUT2D eigenvalue weighted by molar-refractivity contribution is -0.0522. The van der Waals surface area contributed by atoms with Crippen LogP contribution in [0.15, 0.2) is 30.5 Å². The van der Waals surface area contributed by atoms with Crippen LogP contribution in [0.5, 0.6) is 5.75 Å². The summed E-state index contributed by atoms with van der Waals surface area (Å²) in [5.41, 5.74) is 0.602. The number of aryl methyl sites for hydroxylation is 1. The minimum absolute atomic E-state index is 0.336. The van der Waals surface area contributed by atoms with Crippen molar-refractivity contribution in [1.82, 2.24) is 9.78 Å². The second-order valence-electron chi connectivity index (χ2n) is 3.87. The normalized spacial score (nSPS) is 10.8. The molecule has 4 nitrogen and oxygen atoms in total. The second-order valence-corrected chi connectivity index (χ2v) is 3.87. The molecule has 19 heavy (non-hydrogen) atoms. The van der Waals surface area contributed by atoms with Gasteiger partial charge in [0.25, 0.3) is 0 Å². The van der Waals surface area contributed by atoms with Crippen molar-refractivity contribution in [2.24, 2.45) is 7.05 Å². The van der Waals surface area contributed by atoms with Crippen LogP contribution in [0.3, 0.4) is 0 Å². The number of halogens is 3. The lowest BCUT2D eigenvalue weighted by atomic mass is 10.2. The first-order valence-corrected chi connectivity index (χ1v) is 5.51. The average molecular weight is 271 g/mol. The molecule has 1 N–H and O–H groups in total. The third-order valence-corrected chi connectivity index (χ3v) is 2.40. The van der Waals surface area contributed by atoms with Crippen molar-refractivity contribution < 1.29 is 17.9 Å². The van der Waals surface area contributed by atoms with E-state index in [2.05, 4.69) is 15.2 Å². The fourth-order valence-corrected chi connectivity index (χ4v) is 1.55. The largest absolute Gasteiger partial charge is 0.432 e. The standard InChI is InChI=1S/C12H12F3N3O/c1-18-5-4-11(17-18)16-7-8-2-3-10(9(13)6-8)19-12(14)15/h2-6,12H,7H2,1H3,(H,16,17). The van der Waals surface area contributed by atoms with E-state index in [0.29, 0.717) is 17.9 Å². The third kappa shape index (κ3) is 3.64. The number of benzene rings is 1. The van der Waals surface area contributed by atoms with Crippen LogP contribution in [0.4, 0.5) is 19.0 Å². The van der Waals surface area contributed by atoms with Gasteiger partial charge in [-0.3, -0.25) is 4.68 Å². The minimum atomic E-state index is -3.04. The Kier molecular flexibility index (Phi) is 3.94. The molecular formula is C12H12F3N3O. The van der Waals surface area contributed by atoms with Crippen molar-refractivity contribution in [2.45, 2.75) is 13.2 Å². The molecule has 0 saturated heterocycles. The van der Waals surface area contributed by atoms with Gasteiger partial charge in [0.1, 0.15) is 5.82 Å². The molecule has 7 heteroatoms. The van der Waals surface area contributed by atoms with Gasteiger partial charge >= 0.3 is 6.61 Å². The molecule has 1 heterocycles. The summed E-state index contributed by atoms with van der Waals surface area (Å²) in [6.07, 6.45) is 1.77. The number of aromatic nitrogens is 2. The van der Waals surface area contributed by atoms with E-state index in [1.807, 2.05) is 0 Å². The monoisotopic (exact) mass is 271 g/mol. The highest BCUT2D eigenvalue weighted by Crippen LogP contribution is 2.20. The molecule has 0 aliphatic heterocycles. The topological polar surface area (TPSA) is 39.1 Å². The summed E-state index contributed by atoms with van der Waals surface area (Å²) in [4.78, 5) is 0. The molecule has 0 saturated carbocycles. The SMILES string of the molecule is Cn1ccc(NCc2ccc(OC(F)F)c(F)c2)n1. The van der Waals surface area contributed by atoms with E-state index in [-0.39, 0.29) is 0 Å². The summed E-state index contributed by atoms with van der Waals surface area (Å²) in [6, 6.07) is 5.60. The molecule has 0 bridgehead atoms. The molecule has 2 rings (SSSR count). The quantitative estimate of drug-likeness (QED) is 0.908. The molecule has 0 spiro atoms. The van der Waals surface area contributed by atoms with Gasteiger partial charge < -0.3 is 10.1 Å². The van der Waals surface area contributed by atoms with Crippen LogP contribution in [0.1, 0.15) is 5.56 Å². The number of anilines is 1. The van der Waals surface area contributed by atoms with Crippen LogP contribution >= 0.6 is 0 Å². The van der Waals surface area contributed by atoms with Gasteiger partial charge in [-0.15, -0.1) is 0 Å². The van der Waals surface area contributed by atoms with Crippen LogP contribution in [0.2, 0.25) is 0 Å². The molecule has 2 aromatic rings. The van der Waals surface area contributed by atoms with Crippen molar-refractivity contribution >= 4 is 5.82 Å². The van der Waals surface area contributed by atoms with Gasteiger partial charge in [-0.05, 0) is 17.7 Å². The highest BCUT2D eigenvalue weighted by molar-refractivity contribution is 5.36. The van der Waals surface area contributed by atoms with E-state index in [1.165, 1.54) is 12.1 Å². The Morgan fingerprint density at radius 2 is 2.16 bits per heavy atom. The Labute approximate surface area is 107 Å². The summed E-state index contributed by atoms with van der Waals surface area (Å²) >= 11 is 0. The first-order valence-electron chi connectivity index (χ1n) is 5.51. The summed E-state index contributed by atoms with van der Waals surface area (Å²) < 4.78 is 43.0. The Morgan fingerprint density at radius 1 is 1.37 bits per heavy atom. The average Bonchev–Trinajstić information content (AvgIpc) is 2.75. The maximum atomic E-state index is 13.4. The Hall–Kier alpha value is -2.18. The van der Waals surface area contributed by atoms with Gasteiger partial charge in [0.15, 0.2) is 11.6 Å². The van der Waals surface area contributed by atoms with E-state index >= 15 is 0 Å². The van der Waals surface area contributed by atoms with Gasteiger partial charge in [-0.2, -0.15) is 13.9 Å². The van der Waals surface area contributed by atoms with E-state index in [4.69, 9.17) is 0 Å². The Bertz CT molecular complexity index is 557. The summed E-state index contributed by atoms with van der Waals surface area (Å²) in [5, 5.41) is 7.07. The van der Waals surface area contributed by atoms with Crippen LogP contribution in [-0.4, -0.2) is 16.4 Å². The van der Waals surface area contributed by atoms with E-state index in [1.54, 1.807) is 24.0 Å². The lowest BCUT2D eigenvalue weighted by Crippen LogP contribution is -2.05. The maximum Gasteiger partial charge on any atom is 0.387 e. The number of alkyl halides is 2. The molecule has 0 atom stereocenters. The van der Waals surface area contributed by atoms with Crippen molar-refractivity contribution in [3.05, 3.63) is 41.8 Å². The molecule has 1 aromatic carbocycles. The highest BCUT2D eigenvalue weighted by atomic mass is 19.3. The van der Waals surface area contributed by atoms with Gasteiger partial charge in [0.2, 0.25) is 0 Å². The van der Waals surface area contributed by atoms with Crippen molar-refractivity contribution in [3.8, 4) is 5.75 Å². The highest BCUT2D eigenvalue weighted by Gasteiger charge is 2.10. The van der Waals surface area contributed by atoms with Crippen molar-refractivity contribution in [2.75, 3.05) is 5.32 Å². The molecule has 102 valence electrons. The zero-order valence-electron chi connectivity index (χ0n) is 10.1. The summed E-state index contributed by atoms with van der Waals surface area (Å²) in [7, 11) is 1.78. The number of nitrogens with one attached hydrogen (secondary N) is 1. The van der Waals surface area contributed by atoms with Gasteiger partial charge in [-0.1, -0.05) is 6.07 Å². The van der Waals surface area contributed by atoms with Crippen LogP contribution in [0, 0.1) is 5.82 Å². The van der Waals surface area contributed by atoms with Gasteiger partial charge in [0.05, 0.1) is 0 Å². The summed E-state index contributed by atoms with van der Waals surface area (Å²) in [6.45, 7) is -2.70. The molecule has 0 aliphatic carbocycles. The fraction of sp³-hybridized carbons (Fsp3) is 0.250. The number of ether oxygens (including phenoxy) is 1. The lowest BCUT2D eigenvalue weighted by Gasteiger charge is -2.08. The Balaban J connectivity index is 1.99.